The lowest BCUT2D eigenvalue weighted by molar-refractivity contribution is -0.193. The number of hydrogen-bond donors (Lipinski definition) is 2. The molecule has 4 rings (SSSR count). The number of carboxylic acids is 2. The van der Waals surface area contributed by atoms with E-state index in [0.717, 1.165) is 19.0 Å². The van der Waals surface area contributed by atoms with Crippen LogP contribution in [0.25, 0.3) is 0 Å². The molecule has 15 heteroatoms. The molecule has 0 unspecified atom stereocenters. The maximum absolute atomic E-state index is 10.6. The Kier molecular flexibility index (Phi) is 10.3. The fourth-order valence-electron chi connectivity index (χ4n) is 4.13. The maximum Gasteiger partial charge on any atom is 0.490 e. The lowest BCUT2D eigenvalue weighted by atomic mass is 9.89. The van der Waals surface area contributed by atoms with Gasteiger partial charge in [-0.05, 0) is 25.2 Å². The third kappa shape index (κ3) is 9.54. The van der Waals surface area contributed by atoms with Gasteiger partial charge in [-0.15, -0.1) is 11.3 Å². The zero-order valence-electron chi connectivity index (χ0n) is 18.8. The highest BCUT2D eigenvalue weighted by Crippen LogP contribution is 2.36. The van der Waals surface area contributed by atoms with Crippen LogP contribution < -0.4 is 0 Å². The largest absolute Gasteiger partial charge is 0.490 e. The SMILES string of the molecule is CO[C@@H]1CCN(Cc2nccs2)[C@@H]2CN(CC3CC3)C[C@@H]21.O=C(O)C(F)(F)F.O=C(O)C(F)(F)F. The van der Waals surface area contributed by atoms with Crippen LogP contribution in [-0.4, -0.2) is 94.7 Å². The molecule has 1 aliphatic carbocycles. The van der Waals surface area contributed by atoms with Crippen LogP contribution in [0, 0.1) is 11.8 Å². The summed E-state index contributed by atoms with van der Waals surface area (Å²) in [6.07, 6.45) is -3.73. The smallest absolute Gasteiger partial charge is 0.475 e. The van der Waals surface area contributed by atoms with E-state index in [1.165, 1.54) is 43.9 Å². The topological polar surface area (TPSA) is 103 Å². The number of carbonyl (C=O) groups is 2. The summed E-state index contributed by atoms with van der Waals surface area (Å²) in [7, 11) is 1.89. The van der Waals surface area contributed by atoms with Gasteiger partial charge < -0.3 is 19.8 Å². The van der Waals surface area contributed by atoms with Crippen LogP contribution in [-0.2, 0) is 20.9 Å². The standard InChI is InChI=1S/C16H25N3OS.2C2HF3O2/c1-20-15-4-6-19(11-16-17-5-7-21-16)14-10-18(9-13(14)15)8-12-2-3-12;2*3-2(4,5)1(6)7/h5,7,12-15H,2-4,6,8-11H2,1H3;2*(H,6,7)/t13-,14+,15+;;/m0../s1. The second-order valence-corrected chi connectivity index (χ2v) is 9.44. The Morgan fingerprint density at radius 2 is 1.66 bits per heavy atom. The van der Waals surface area contributed by atoms with E-state index < -0.39 is 24.3 Å². The average molecular weight is 536 g/mol. The van der Waals surface area contributed by atoms with Crippen molar-refractivity contribution in [1.82, 2.24) is 14.8 Å². The number of likely N-dealkylation sites (tertiary alicyclic amines) is 2. The molecule has 0 aromatic carbocycles. The van der Waals surface area contributed by atoms with Gasteiger partial charge in [0.2, 0.25) is 0 Å². The molecule has 3 aliphatic rings. The molecule has 0 spiro atoms. The van der Waals surface area contributed by atoms with Crippen LogP contribution in [0.4, 0.5) is 26.3 Å². The molecule has 3 heterocycles. The van der Waals surface area contributed by atoms with E-state index in [-0.39, 0.29) is 0 Å². The quantitative estimate of drug-likeness (QED) is 0.554. The van der Waals surface area contributed by atoms with Gasteiger partial charge in [-0.2, -0.15) is 26.3 Å². The van der Waals surface area contributed by atoms with Gasteiger partial charge in [0.1, 0.15) is 5.01 Å². The Bertz CT molecular complexity index is 795. The Labute approximate surface area is 201 Å². The Hall–Kier alpha value is -1.97. The Balaban J connectivity index is 0.000000257. The van der Waals surface area contributed by atoms with Crippen molar-refractivity contribution in [3.8, 4) is 0 Å². The summed E-state index contributed by atoms with van der Waals surface area (Å²) >= 11 is 1.78. The van der Waals surface area contributed by atoms with Crippen LogP contribution >= 0.6 is 11.3 Å². The Morgan fingerprint density at radius 3 is 2.09 bits per heavy atom. The van der Waals surface area contributed by atoms with Crippen molar-refractivity contribution in [3.05, 3.63) is 16.6 Å². The summed E-state index contributed by atoms with van der Waals surface area (Å²) < 4.78 is 69.3. The van der Waals surface area contributed by atoms with Gasteiger partial charge in [0.25, 0.3) is 0 Å². The number of rotatable bonds is 5. The molecule has 1 aromatic heterocycles. The molecule has 0 radical (unpaired) electrons. The number of alkyl halides is 6. The zero-order valence-corrected chi connectivity index (χ0v) is 19.6. The number of ether oxygens (including phenoxy) is 1. The minimum atomic E-state index is -5.08. The number of halogens is 6. The highest BCUT2D eigenvalue weighted by atomic mass is 32.1. The fraction of sp³-hybridized carbons (Fsp3) is 0.750. The zero-order chi connectivity index (χ0) is 26.4. The predicted molar refractivity (Wildman–Crippen MR) is 112 cm³/mol. The molecule has 3 atom stereocenters. The molecular weight excluding hydrogens is 508 g/mol. The number of thiazole rings is 1. The molecular formula is C20H27F6N3O5S. The van der Waals surface area contributed by atoms with Crippen molar-refractivity contribution < 1.29 is 50.9 Å². The summed E-state index contributed by atoms with van der Waals surface area (Å²) in [5.41, 5.74) is 0. The van der Waals surface area contributed by atoms with Gasteiger partial charge in [-0.25, -0.2) is 14.6 Å². The predicted octanol–water partition coefficient (Wildman–Crippen LogP) is 3.34. The van der Waals surface area contributed by atoms with E-state index >= 15 is 0 Å². The first kappa shape index (κ1) is 29.3. The van der Waals surface area contributed by atoms with Crippen LogP contribution in [0.1, 0.15) is 24.3 Å². The first-order chi connectivity index (χ1) is 16.2. The average Bonchev–Trinajstić information content (AvgIpc) is 3.22. The number of aliphatic carboxylic acids is 2. The first-order valence-electron chi connectivity index (χ1n) is 10.7. The number of piperidine rings is 1. The van der Waals surface area contributed by atoms with E-state index in [0.29, 0.717) is 18.1 Å². The molecule has 8 nitrogen and oxygen atoms in total. The molecule has 3 fully saturated rings. The lowest BCUT2D eigenvalue weighted by Crippen LogP contribution is -2.50. The number of fused-ring (bicyclic) bond motifs is 1. The van der Waals surface area contributed by atoms with E-state index in [1.54, 1.807) is 11.3 Å². The third-order valence-corrected chi connectivity index (χ3v) is 6.64. The fourth-order valence-corrected chi connectivity index (χ4v) is 4.77. The molecule has 35 heavy (non-hydrogen) atoms. The number of hydrogen-bond acceptors (Lipinski definition) is 7. The molecule has 1 aromatic rings. The van der Waals surface area contributed by atoms with Crippen LogP contribution in [0.3, 0.4) is 0 Å². The van der Waals surface area contributed by atoms with Crippen molar-refractivity contribution >= 4 is 23.3 Å². The molecule has 1 saturated carbocycles. The minimum Gasteiger partial charge on any atom is -0.475 e. The highest BCUT2D eigenvalue weighted by molar-refractivity contribution is 7.09. The van der Waals surface area contributed by atoms with Crippen LogP contribution in [0.15, 0.2) is 11.6 Å². The van der Waals surface area contributed by atoms with E-state index in [1.807, 2.05) is 13.3 Å². The maximum atomic E-state index is 10.6. The molecule has 2 N–H and O–H groups in total. The summed E-state index contributed by atoms with van der Waals surface area (Å²) in [5, 5.41) is 17.6. The monoisotopic (exact) mass is 535 g/mol. The number of methoxy groups -OCH3 is 1. The number of nitrogens with zero attached hydrogens (tertiary/aromatic N) is 3. The van der Waals surface area contributed by atoms with E-state index in [4.69, 9.17) is 24.5 Å². The van der Waals surface area contributed by atoms with E-state index in [9.17, 15) is 26.3 Å². The van der Waals surface area contributed by atoms with Crippen molar-refractivity contribution in [2.45, 2.75) is 50.3 Å². The molecule has 0 bridgehead atoms. The van der Waals surface area contributed by atoms with Gasteiger partial charge in [0.05, 0.1) is 12.6 Å². The molecule has 0 amide bonds. The van der Waals surface area contributed by atoms with Crippen LogP contribution in [0.5, 0.6) is 0 Å². The van der Waals surface area contributed by atoms with Gasteiger partial charge in [-0.1, -0.05) is 0 Å². The van der Waals surface area contributed by atoms with Crippen LogP contribution in [0.2, 0.25) is 0 Å². The van der Waals surface area contributed by atoms with Crippen molar-refractivity contribution in [2.24, 2.45) is 11.8 Å². The van der Waals surface area contributed by atoms with Crippen molar-refractivity contribution in [2.75, 3.05) is 33.3 Å². The normalized spacial score (nSPS) is 25.1. The van der Waals surface area contributed by atoms with Gasteiger partial charge >= 0.3 is 24.3 Å². The second kappa shape index (κ2) is 12.3. The summed E-state index contributed by atoms with van der Waals surface area (Å²) in [4.78, 5) is 27.6. The van der Waals surface area contributed by atoms with Crippen molar-refractivity contribution in [3.63, 3.8) is 0 Å². The van der Waals surface area contributed by atoms with Gasteiger partial charge in [0, 0.05) is 56.8 Å². The summed E-state index contributed by atoms with van der Waals surface area (Å²) in [6, 6.07) is 0.659. The van der Waals surface area contributed by atoms with Crippen molar-refractivity contribution in [1.29, 1.82) is 0 Å². The second-order valence-electron chi connectivity index (χ2n) is 8.46. The number of carboxylic acid groups (broad SMARTS) is 2. The number of aromatic nitrogens is 1. The van der Waals surface area contributed by atoms with E-state index in [2.05, 4.69) is 20.2 Å². The molecule has 200 valence electrons. The third-order valence-electron chi connectivity index (χ3n) is 5.88. The van der Waals surface area contributed by atoms with Gasteiger partial charge in [-0.3, -0.25) is 4.90 Å². The Morgan fingerprint density at radius 1 is 1.09 bits per heavy atom. The highest BCUT2D eigenvalue weighted by Gasteiger charge is 2.45. The summed E-state index contributed by atoms with van der Waals surface area (Å²) in [6.45, 7) is 5.94. The minimum absolute atomic E-state index is 0.451. The summed E-state index contributed by atoms with van der Waals surface area (Å²) in [5.74, 6) is -3.85. The molecule has 2 saturated heterocycles. The van der Waals surface area contributed by atoms with Gasteiger partial charge in [0.15, 0.2) is 0 Å². The first-order valence-corrected chi connectivity index (χ1v) is 11.6. The lowest BCUT2D eigenvalue weighted by Gasteiger charge is -2.40. The molecule has 2 aliphatic heterocycles.